The van der Waals surface area contributed by atoms with Gasteiger partial charge in [0.05, 0.1) is 0 Å². The van der Waals surface area contributed by atoms with Gasteiger partial charge in [-0.3, -0.25) is 29.0 Å². The lowest BCUT2D eigenvalue weighted by Crippen LogP contribution is -2.47. The van der Waals surface area contributed by atoms with E-state index in [1.165, 1.54) is 34.1 Å². The molecule has 2 heterocycles. The van der Waals surface area contributed by atoms with Crippen LogP contribution < -0.4 is 0 Å². The summed E-state index contributed by atoms with van der Waals surface area (Å²) in [7, 11) is 0. The summed E-state index contributed by atoms with van der Waals surface area (Å²) in [5.74, 6) is -1.08. The maximum absolute atomic E-state index is 11.6. The van der Waals surface area contributed by atoms with Gasteiger partial charge in [-0.15, -0.1) is 0 Å². The topological polar surface area (TPSA) is 74.8 Å². The molecule has 2 aliphatic heterocycles. The second kappa shape index (κ2) is 4.70. The van der Waals surface area contributed by atoms with Crippen LogP contribution in [0, 0.1) is 0 Å². The minimum Gasteiger partial charge on any atom is -0.272 e. The first kappa shape index (κ1) is 12.8. The van der Waals surface area contributed by atoms with Crippen LogP contribution in [-0.4, -0.2) is 45.5 Å². The maximum atomic E-state index is 11.6. The van der Waals surface area contributed by atoms with Crippen molar-refractivity contribution < 1.29 is 19.2 Å². The van der Waals surface area contributed by atoms with Gasteiger partial charge < -0.3 is 0 Å². The molecule has 0 spiro atoms. The molecule has 1 fully saturated rings. The molecule has 6 heteroatoms. The van der Waals surface area contributed by atoms with Crippen LogP contribution >= 0.6 is 0 Å². The normalized spacial score (nSPS) is 30.0. The van der Waals surface area contributed by atoms with Crippen LogP contribution in [0.5, 0.6) is 0 Å². The molecule has 1 saturated carbocycles. The lowest BCUT2D eigenvalue weighted by atomic mass is 9.89. The molecule has 1 aliphatic carbocycles. The molecule has 0 radical (unpaired) electrons. The van der Waals surface area contributed by atoms with E-state index in [1.54, 1.807) is 0 Å². The molecule has 0 aromatic heterocycles. The first-order chi connectivity index (χ1) is 9.58. The van der Waals surface area contributed by atoms with Gasteiger partial charge in [0.15, 0.2) is 0 Å². The van der Waals surface area contributed by atoms with Crippen LogP contribution in [0.25, 0.3) is 0 Å². The summed E-state index contributed by atoms with van der Waals surface area (Å²) in [6.45, 7) is 0. The average molecular weight is 274 g/mol. The molecule has 0 aromatic carbocycles. The van der Waals surface area contributed by atoms with Crippen LogP contribution in [0.15, 0.2) is 24.3 Å². The van der Waals surface area contributed by atoms with Crippen LogP contribution in [0.2, 0.25) is 0 Å². The highest BCUT2D eigenvalue weighted by molar-refractivity contribution is 6.13. The monoisotopic (exact) mass is 274 g/mol. The van der Waals surface area contributed by atoms with Gasteiger partial charge in [0.25, 0.3) is 23.6 Å². The zero-order valence-electron chi connectivity index (χ0n) is 10.8. The van der Waals surface area contributed by atoms with E-state index in [2.05, 4.69) is 0 Å². The molecule has 0 bridgehead atoms. The van der Waals surface area contributed by atoms with Crippen molar-refractivity contribution >= 4 is 23.6 Å². The number of carbonyl (C=O) groups excluding carboxylic acids is 4. The van der Waals surface area contributed by atoms with Crippen LogP contribution in [0.1, 0.15) is 25.7 Å². The summed E-state index contributed by atoms with van der Waals surface area (Å²) < 4.78 is 0. The lowest BCUT2D eigenvalue weighted by molar-refractivity contribution is -0.144. The third-order valence-corrected chi connectivity index (χ3v) is 4.08. The van der Waals surface area contributed by atoms with Gasteiger partial charge in [-0.25, -0.2) is 0 Å². The number of hydrogen-bond donors (Lipinski definition) is 0. The van der Waals surface area contributed by atoms with Crippen molar-refractivity contribution in [3.8, 4) is 0 Å². The van der Waals surface area contributed by atoms with Crippen LogP contribution in [0.3, 0.4) is 0 Å². The van der Waals surface area contributed by atoms with Gasteiger partial charge in [0, 0.05) is 36.4 Å². The fourth-order valence-corrected chi connectivity index (χ4v) is 3.12. The van der Waals surface area contributed by atoms with Gasteiger partial charge in [-0.1, -0.05) is 0 Å². The lowest BCUT2D eigenvalue weighted by Gasteiger charge is -2.36. The molecule has 0 N–H and O–H groups in total. The molecule has 104 valence electrons. The molecule has 0 unspecified atom stereocenters. The maximum Gasteiger partial charge on any atom is 0.253 e. The Kier molecular flexibility index (Phi) is 3.00. The quantitative estimate of drug-likeness (QED) is 0.672. The fourth-order valence-electron chi connectivity index (χ4n) is 3.12. The summed E-state index contributed by atoms with van der Waals surface area (Å²) in [5, 5.41) is 0. The van der Waals surface area contributed by atoms with Crippen molar-refractivity contribution in [2.45, 2.75) is 37.8 Å². The van der Waals surface area contributed by atoms with Gasteiger partial charge in [-0.2, -0.15) is 0 Å². The summed E-state index contributed by atoms with van der Waals surface area (Å²) in [6, 6.07) is -0.246. The molecular weight excluding hydrogens is 260 g/mol. The van der Waals surface area contributed by atoms with E-state index in [9.17, 15) is 19.2 Å². The third kappa shape index (κ3) is 1.97. The zero-order valence-corrected chi connectivity index (χ0v) is 10.8. The molecule has 3 aliphatic rings. The highest BCUT2D eigenvalue weighted by atomic mass is 16.2. The Labute approximate surface area is 115 Å². The molecule has 20 heavy (non-hydrogen) atoms. The minimum atomic E-state index is -0.270. The van der Waals surface area contributed by atoms with Crippen molar-refractivity contribution in [3.05, 3.63) is 24.3 Å². The third-order valence-electron chi connectivity index (χ3n) is 4.08. The Bertz CT molecular complexity index is 470. The number of nitrogens with zero attached hydrogens (tertiary/aromatic N) is 2. The fraction of sp³-hybridized carbons (Fsp3) is 0.429. The SMILES string of the molecule is O=C1C=CC(=O)N1C1CCC(N2C(=O)C=CC2=O)CC1. The number of rotatable bonds is 2. The summed E-state index contributed by atoms with van der Waals surface area (Å²) in [4.78, 5) is 49.0. The summed E-state index contributed by atoms with van der Waals surface area (Å²) in [5.41, 5.74) is 0. The van der Waals surface area contributed by atoms with E-state index in [1.807, 2.05) is 0 Å². The second-order valence-electron chi connectivity index (χ2n) is 5.22. The van der Waals surface area contributed by atoms with Crippen molar-refractivity contribution in [2.75, 3.05) is 0 Å². The molecular formula is C14H14N2O4. The Hall–Kier alpha value is -2.24. The predicted octanol–water partition coefficient (Wildman–Crippen LogP) is 0.148. The first-order valence-electron chi connectivity index (χ1n) is 6.68. The van der Waals surface area contributed by atoms with E-state index < -0.39 is 0 Å². The molecule has 4 amide bonds. The van der Waals surface area contributed by atoms with Crippen molar-refractivity contribution in [1.82, 2.24) is 9.80 Å². The Morgan fingerprint density at radius 2 is 0.850 bits per heavy atom. The number of imide groups is 2. The zero-order chi connectivity index (χ0) is 14.3. The second-order valence-corrected chi connectivity index (χ2v) is 5.22. The number of carbonyl (C=O) groups is 4. The predicted molar refractivity (Wildman–Crippen MR) is 68.0 cm³/mol. The standard InChI is InChI=1S/C14H14N2O4/c17-11-5-6-12(18)15(11)9-1-2-10(4-3-9)16-13(19)7-8-14(16)20/h5-10H,1-4H2. The van der Waals surface area contributed by atoms with Crippen molar-refractivity contribution in [2.24, 2.45) is 0 Å². The molecule has 0 atom stereocenters. The van der Waals surface area contributed by atoms with E-state index in [-0.39, 0.29) is 35.7 Å². The Morgan fingerprint density at radius 1 is 0.600 bits per heavy atom. The van der Waals surface area contributed by atoms with Crippen LogP contribution in [-0.2, 0) is 19.2 Å². The number of amides is 4. The van der Waals surface area contributed by atoms with Gasteiger partial charge in [0.1, 0.15) is 0 Å². The van der Waals surface area contributed by atoms with Gasteiger partial charge in [-0.05, 0) is 25.7 Å². The largest absolute Gasteiger partial charge is 0.272 e. The van der Waals surface area contributed by atoms with E-state index in [4.69, 9.17) is 0 Å². The van der Waals surface area contributed by atoms with E-state index in [0.717, 1.165) is 0 Å². The minimum absolute atomic E-state index is 0.123. The van der Waals surface area contributed by atoms with Gasteiger partial charge in [0.2, 0.25) is 0 Å². The molecule has 0 saturated heterocycles. The molecule has 0 aromatic rings. The number of hydrogen-bond acceptors (Lipinski definition) is 4. The first-order valence-corrected chi connectivity index (χ1v) is 6.68. The Morgan fingerprint density at radius 3 is 1.10 bits per heavy atom. The molecule has 3 rings (SSSR count). The smallest absolute Gasteiger partial charge is 0.253 e. The van der Waals surface area contributed by atoms with Crippen LogP contribution in [0.4, 0.5) is 0 Å². The highest BCUT2D eigenvalue weighted by Gasteiger charge is 2.38. The van der Waals surface area contributed by atoms with E-state index >= 15 is 0 Å². The van der Waals surface area contributed by atoms with Crippen molar-refractivity contribution in [3.63, 3.8) is 0 Å². The average Bonchev–Trinajstić information content (AvgIpc) is 2.94. The summed E-state index contributed by atoms with van der Waals surface area (Å²) in [6.07, 6.45) is 7.64. The van der Waals surface area contributed by atoms with E-state index in [0.29, 0.717) is 25.7 Å². The van der Waals surface area contributed by atoms with Gasteiger partial charge >= 0.3 is 0 Å². The Balaban J connectivity index is 1.63. The molecule has 6 nitrogen and oxygen atoms in total. The summed E-state index contributed by atoms with van der Waals surface area (Å²) >= 11 is 0. The van der Waals surface area contributed by atoms with Crippen molar-refractivity contribution in [1.29, 1.82) is 0 Å². The highest BCUT2D eigenvalue weighted by Crippen LogP contribution is 2.29.